The van der Waals surface area contributed by atoms with Crippen molar-refractivity contribution >= 4 is 43.8 Å². The molecule has 1 amide bonds. The quantitative estimate of drug-likeness (QED) is 0.339. The number of anilines is 1. The fourth-order valence-electron chi connectivity index (χ4n) is 5.75. The fraction of sp³-hybridized carbons (Fsp3) is 0.483. The Kier molecular flexibility index (Phi) is 6.93. The molecule has 1 saturated heterocycles. The lowest BCUT2D eigenvalue weighted by molar-refractivity contribution is 0.0708. The molecule has 218 valence electrons. The summed E-state index contributed by atoms with van der Waals surface area (Å²) in [4.78, 5) is 25.1. The van der Waals surface area contributed by atoms with E-state index in [1.54, 1.807) is 26.2 Å². The maximum absolute atomic E-state index is 13.4. The molecule has 2 N–H and O–H groups in total. The summed E-state index contributed by atoms with van der Waals surface area (Å²) < 4.78 is 36.3. The summed E-state index contributed by atoms with van der Waals surface area (Å²) in [6, 6.07) is 9.31. The maximum Gasteiger partial charge on any atom is 0.254 e. The zero-order chi connectivity index (χ0) is 29.1. The number of piperidine rings is 1. The van der Waals surface area contributed by atoms with Crippen LogP contribution in [0.1, 0.15) is 43.0 Å². The number of likely N-dealkylation sites (tertiary alicyclic amines) is 1. The number of nitrogens with two attached hydrogens (primary N) is 1. The molecule has 11 nitrogen and oxygen atoms in total. The number of fused-ring (bicyclic) bond motifs is 2. The molecule has 12 heteroatoms. The minimum Gasteiger partial charge on any atom is -0.494 e. The molecule has 6 rings (SSSR count). The summed E-state index contributed by atoms with van der Waals surface area (Å²) in [7, 11) is 1.63. The average molecular weight is 580 g/mol. The third-order valence-electron chi connectivity index (χ3n) is 8.35. The number of amides is 1. The molecule has 4 aromatic rings. The first-order valence-corrected chi connectivity index (χ1v) is 15.8. The number of hydrogen-bond acceptors (Lipinski definition) is 7. The van der Waals surface area contributed by atoms with Crippen LogP contribution in [0.2, 0.25) is 0 Å². The molecule has 0 spiro atoms. The van der Waals surface area contributed by atoms with Crippen molar-refractivity contribution in [1.82, 2.24) is 24.0 Å². The van der Waals surface area contributed by atoms with E-state index in [1.807, 2.05) is 28.6 Å². The minimum atomic E-state index is -3.45. The molecular weight excluding hydrogens is 542 g/mol. The van der Waals surface area contributed by atoms with Gasteiger partial charge in [-0.15, -0.1) is 0 Å². The van der Waals surface area contributed by atoms with Crippen LogP contribution in [0.25, 0.3) is 33.6 Å². The number of pyridine rings is 1. The van der Waals surface area contributed by atoms with Crippen molar-refractivity contribution in [3.05, 3.63) is 35.9 Å². The number of benzene rings is 1. The van der Waals surface area contributed by atoms with Crippen LogP contribution >= 0.6 is 0 Å². The molecule has 1 aromatic carbocycles. The SMILES string of the molecule is CCS(=O)(=O)N(C)c1ccc2cc(-c3nc4cc(C(=O)N5CCC[C@@H](N)C5)cc(OC)c4n3C)n(CC3CC3)c2n1. The Morgan fingerprint density at radius 2 is 1.95 bits per heavy atom. The number of methoxy groups -OCH3 is 1. The standard InChI is InChI=1S/C29H37N7O4S/c1-5-41(38,39)34(3)25-11-10-19-14-23(36(27(19)32-25)16-18-8-9-18)28-31-22-13-20(15-24(40-4)26(22)33(28)2)29(37)35-12-6-7-21(30)17-35/h10-11,13-15,18,21H,5-9,12,16-17,30H2,1-4H3/t21-/m1/s1. The summed E-state index contributed by atoms with van der Waals surface area (Å²) in [5.41, 5.74) is 9.73. The van der Waals surface area contributed by atoms with E-state index in [-0.39, 0.29) is 17.7 Å². The van der Waals surface area contributed by atoms with Gasteiger partial charge in [0.2, 0.25) is 10.0 Å². The Bertz CT molecular complexity index is 1760. The van der Waals surface area contributed by atoms with Crippen molar-refractivity contribution in [3.63, 3.8) is 0 Å². The number of aryl methyl sites for hydroxylation is 1. The second-order valence-corrected chi connectivity index (χ2v) is 13.5. The number of rotatable bonds is 8. The first-order chi connectivity index (χ1) is 19.6. The smallest absolute Gasteiger partial charge is 0.254 e. The zero-order valence-corrected chi connectivity index (χ0v) is 24.8. The van der Waals surface area contributed by atoms with E-state index in [4.69, 9.17) is 20.4 Å². The third kappa shape index (κ3) is 4.93. The van der Waals surface area contributed by atoms with Crippen LogP contribution in [-0.2, 0) is 23.6 Å². The zero-order valence-electron chi connectivity index (χ0n) is 24.0. The van der Waals surface area contributed by atoms with Crippen molar-refractivity contribution in [1.29, 1.82) is 0 Å². The van der Waals surface area contributed by atoms with Crippen molar-refractivity contribution in [2.24, 2.45) is 18.7 Å². The van der Waals surface area contributed by atoms with Gasteiger partial charge in [-0.25, -0.2) is 18.4 Å². The predicted molar refractivity (Wildman–Crippen MR) is 160 cm³/mol. The van der Waals surface area contributed by atoms with Gasteiger partial charge in [0.1, 0.15) is 22.7 Å². The van der Waals surface area contributed by atoms with E-state index in [2.05, 4.69) is 10.6 Å². The summed E-state index contributed by atoms with van der Waals surface area (Å²) in [6.45, 7) is 3.61. The van der Waals surface area contributed by atoms with Gasteiger partial charge in [0.25, 0.3) is 5.91 Å². The molecule has 1 saturated carbocycles. The van der Waals surface area contributed by atoms with Crippen LogP contribution in [0.15, 0.2) is 30.3 Å². The van der Waals surface area contributed by atoms with Crippen LogP contribution in [0.5, 0.6) is 5.75 Å². The maximum atomic E-state index is 13.4. The summed E-state index contributed by atoms with van der Waals surface area (Å²) >= 11 is 0. The Hall–Kier alpha value is -3.64. The first kappa shape index (κ1) is 27.5. The molecule has 4 heterocycles. The molecule has 41 heavy (non-hydrogen) atoms. The number of imidazole rings is 1. The Morgan fingerprint density at radius 1 is 1.17 bits per heavy atom. The third-order valence-corrected chi connectivity index (χ3v) is 10.1. The van der Waals surface area contributed by atoms with E-state index in [0.29, 0.717) is 41.7 Å². The highest BCUT2D eigenvalue weighted by Crippen LogP contribution is 2.38. The Morgan fingerprint density at radius 3 is 2.63 bits per heavy atom. The minimum absolute atomic E-state index is 0.00565. The monoisotopic (exact) mass is 579 g/mol. The lowest BCUT2D eigenvalue weighted by Crippen LogP contribution is -2.45. The van der Waals surface area contributed by atoms with E-state index in [0.717, 1.165) is 60.3 Å². The predicted octanol–water partition coefficient (Wildman–Crippen LogP) is 3.36. The van der Waals surface area contributed by atoms with Crippen molar-refractivity contribution in [2.45, 2.75) is 45.2 Å². The van der Waals surface area contributed by atoms with Gasteiger partial charge in [-0.1, -0.05) is 0 Å². The lowest BCUT2D eigenvalue weighted by atomic mass is 10.0. The van der Waals surface area contributed by atoms with Gasteiger partial charge in [0.05, 0.1) is 24.1 Å². The van der Waals surface area contributed by atoms with Crippen molar-refractivity contribution < 1.29 is 17.9 Å². The molecule has 1 atom stereocenters. The Balaban J connectivity index is 1.47. The Labute approximate surface area is 239 Å². The highest BCUT2D eigenvalue weighted by atomic mass is 32.2. The number of nitrogens with zero attached hydrogens (tertiary/aromatic N) is 6. The molecule has 2 aliphatic rings. The number of aromatic nitrogens is 4. The molecule has 0 unspecified atom stereocenters. The van der Waals surface area contributed by atoms with Crippen molar-refractivity contribution in [2.75, 3.05) is 37.3 Å². The second kappa shape index (κ2) is 10.3. The molecule has 2 fully saturated rings. The van der Waals surface area contributed by atoms with Gasteiger partial charge in [0, 0.05) is 50.7 Å². The lowest BCUT2D eigenvalue weighted by Gasteiger charge is -2.30. The highest BCUT2D eigenvalue weighted by Gasteiger charge is 2.28. The van der Waals surface area contributed by atoms with Crippen molar-refractivity contribution in [3.8, 4) is 17.3 Å². The van der Waals surface area contributed by atoms with E-state index in [1.165, 1.54) is 11.4 Å². The summed E-state index contributed by atoms with van der Waals surface area (Å²) in [5.74, 6) is 2.14. The van der Waals surface area contributed by atoms with Crippen LogP contribution < -0.4 is 14.8 Å². The number of ether oxygens (including phenoxy) is 1. The number of sulfonamides is 1. The van der Waals surface area contributed by atoms with Gasteiger partial charge >= 0.3 is 0 Å². The molecule has 0 bridgehead atoms. The summed E-state index contributed by atoms with van der Waals surface area (Å²) in [5, 5.41) is 0.906. The first-order valence-electron chi connectivity index (χ1n) is 14.2. The van der Waals surface area contributed by atoms with Crippen LogP contribution in [0, 0.1) is 5.92 Å². The summed E-state index contributed by atoms with van der Waals surface area (Å²) in [6.07, 6.45) is 4.10. The average Bonchev–Trinajstić information content (AvgIpc) is 3.64. The number of carbonyl (C=O) groups is 1. The van der Waals surface area contributed by atoms with Gasteiger partial charge in [-0.3, -0.25) is 9.10 Å². The number of carbonyl (C=O) groups excluding carboxylic acids is 1. The molecular formula is C29H37N7O4S. The van der Waals surface area contributed by atoms with E-state index < -0.39 is 10.0 Å². The number of hydrogen-bond donors (Lipinski definition) is 1. The molecule has 0 radical (unpaired) electrons. The normalized spacial score (nSPS) is 17.9. The topological polar surface area (TPSA) is 129 Å². The van der Waals surface area contributed by atoms with Crippen LogP contribution in [0.4, 0.5) is 5.82 Å². The van der Waals surface area contributed by atoms with Gasteiger partial charge in [-0.2, -0.15) is 0 Å². The van der Waals surface area contributed by atoms with E-state index in [9.17, 15) is 13.2 Å². The van der Waals surface area contributed by atoms with Gasteiger partial charge in [0.15, 0.2) is 5.82 Å². The second-order valence-electron chi connectivity index (χ2n) is 11.2. The van der Waals surface area contributed by atoms with Crippen LogP contribution in [0.3, 0.4) is 0 Å². The fourth-order valence-corrected chi connectivity index (χ4v) is 6.53. The molecule has 1 aliphatic carbocycles. The van der Waals surface area contributed by atoms with E-state index >= 15 is 0 Å². The highest BCUT2D eigenvalue weighted by molar-refractivity contribution is 7.92. The van der Waals surface area contributed by atoms with Gasteiger partial charge in [-0.05, 0) is 68.9 Å². The van der Waals surface area contributed by atoms with Gasteiger partial charge < -0.3 is 24.5 Å². The molecule has 1 aliphatic heterocycles. The largest absolute Gasteiger partial charge is 0.494 e. The molecule has 3 aromatic heterocycles. The van der Waals surface area contributed by atoms with Crippen LogP contribution in [-0.4, -0.2) is 77.4 Å².